The Morgan fingerprint density at radius 1 is 0.690 bits per heavy atom. The molecule has 4 aromatic carbocycles. The number of aliphatic hydroxyl groups is 6. The third-order valence-electron chi connectivity index (χ3n) is 17.9. The number of aliphatic carboxylic acids is 1. The van der Waals surface area contributed by atoms with Gasteiger partial charge in [-0.2, -0.15) is 39.5 Å². The highest BCUT2D eigenvalue weighted by atomic mass is 32.1. The van der Waals surface area contributed by atoms with Crippen LogP contribution >= 0.6 is 11.3 Å². The van der Waals surface area contributed by atoms with Gasteiger partial charge in [0, 0.05) is 80.3 Å². The van der Waals surface area contributed by atoms with Crippen molar-refractivity contribution >= 4 is 77.3 Å². The fourth-order valence-corrected chi connectivity index (χ4v) is 13.0. The number of rotatable bonds is 17. The molecule has 0 aliphatic carbocycles. The largest absolute Gasteiger partial charge is 0.504 e. The van der Waals surface area contributed by atoms with Crippen LogP contribution < -0.4 is 47.7 Å². The Bertz CT molecular complexity index is 3940. The van der Waals surface area contributed by atoms with Gasteiger partial charge in [0.2, 0.25) is 35.4 Å². The van der Waals surface area contributed by atoms with Crippen molar-refractivity contribution in [2.24, 2.45) is 17.4 Å². The molecule has 4 aliphatic heterocycles. The van der Waals surface area contributed by atoms with E-state index in [-0.39, 0.29) is 68.2 Å². The zero-order chi connectivity index (χ0) is 84.4. The number of aromatic nitrogens is 2. The minimum absolute atomic E-state index is 0.00501. The van der Waals surface area contributed by atoms with E-state index in [1.807, 2.05) is 18.2 Å². The maximum absolute atomic E-state index is 14.7. The van der Waals surface area contributed by atoms with Crippen molar-refractivity contribution in [3.05, 3.63) is 114 Å². The van der Waals surface area contributed by atoms with Crippen LogP contribution in [0.2, 0.25) is 0 Å². The number of aromatic hydroxyl groups is 1. The summed E-state index contributed by atoms with van der Waals surface area (Å²) < 4.78 is 100. The van der Waals surface area contributed by atoms with Crippen molar-refractivity contribution in [3.63, 3.8) is 0 Å². The molecule has 13 atom stereocenters. The lowest BCUT2D eigenvalue weighted by Crippen LogP contribution is -2.64. The Kier molecular flexibility index (Phi) is 35.5. The van der Waals surface area contributed by atoms with E-state index in [1.54, 1.807) is 12.1 Å². The van der Waals surface area contributed by atoms with Crippen LogP contribution in [0, 0.1) is 5.92 Å². The highest BCUT2D eigenvalue weighted by Crippen LogP contribution is 2.37. The number of piperidine rings is 1. The van der Waals surface area contributed by atoms with Crippen LogP contribution in [0.25, 0.3) is 21.1 Å². The standard InChI is InChI=1S/C64H82N12O15S.C2F6.C2HF3O2.2CH2O2/c1-34-32-76-54(55(34)83)60(88)67-31-43(78)29-45(68-56(84)39-10-12-40(13-11-39)61-72-73-62(92-61)41-14-16-42(17-15-41)74-24-20-38(21-25-74)37-7-4-3-5-8-37)57(85)69-51(35(2)77)63(89)75-33-44(79)30-46(75)58(86)70-52(59(87)71-53(64(76)90)48(81)19-23-66)49(82)27-36-9-18-47(80)50(28-36)91-26-6-22-65;3-1(4,5)2(6,7)8;3-2(4,5)1(6)7;2*2-1-3/h3-5,7-18,28,34-35,38,43-46,48-49,51-55,77-83H,6,19-27,29-33,65-66H2,1-2H3,(H,67,88)(H,68,84)(H,69,85)(H,70,86)(H,71,87);;(H,6,7);2*1H,(H,2,3)/t34-,35+,43+,44+,45-,46-,48+,49+,51-,52-,53-,54-,55-;;;;/m0..../s1. The van der Waals surface area contributed by atoms with Crippen molar-refractivity contribution in [3.8, 4) is 32.6 Å². The zero-order valence-electron chi connectivity index (χ0n) is 60.2. The Morgan fingerprint density at radius 2 is 1.23 bits per heavy atom. The van der Waals surface area contributed by atoms with E-state index in [9.17, 15) is 109 Å². The van der Waals surface area contributed by atoms with Crippen molar-refractivity contribution < 1.29 is 143 Å². The number of nitrogens with one attached hydrogen (secondary N) is 5. The number of β-amino-alcohol motifs (C(OH)–C–C–N with tert-alkyl or cyclic N) is 1. The van der Waals surface area contributed by atoms with E-state index in [0.717, 1.165) is 53.9 Å². The van der Waals surface area contributed by atoms with Gasteiger partial charge >= 0.3 is 24.5 Å². The predicted octanol–water partition coefficient (Wildman–Crippen LogP) is 1.13. The van der Waals surface area contributed by atoms with Gasteiger partial charge in [-0.05, 0) is 111 Å². The minimum Gasteiger partial charge on any atom is -0.504 e. The first-order chi connectivity index (χ1) is 53.1. The maximum atomic E-state index is 14.7. The number of phenols is 1. The fraction of sp³-hybridized carbons (Fsp3) is 0.486. The molecular formula is C70H87F9N12O21S. The van der Waals surface area contributed by atoms with Crippen LogP contribution in [0.5, 0.6) is 11.5 Å². The summed E-state index contributed by atoms with van der Waals surface area (Å²) >= 11 is 1.34. The third kappa shape index (κ3) is 26.9. The molecule has 9 rings (SSSR count). The van der Waals surface area contributed by atoms with Gasteiger partial charge in [-0.3, -0.25) is 43.2 Å². The summed E-state index contributed by atoms with van der Waals surface area (Å²) in [5, 5.41) is 123. The predicted molar refractivity (Wildman–Crippen MR) is 380 cm³/mol. The van der Waals surface area contributed by atoms with Gasteiger partial charge in [0.05, 0.1) is 43.2 Å². The molecule has 7 amide bonds. The fourth-order valence-electron chi connectivity index (χ4n) is 12.2. The molecule has 113 heavy (non-hydrogen) atoms. The first-order valence-electron chi connectivity index (χ1n) is 34.6. The lowest BCUT2D eigenvalue weighted by atomic mass is 9.89. The van der Waals surface area contributed by atoms with Crippen LogP contribution in [-0.2, 0) is 49.6 Å². The number of hydrogen-bond acceptors (Lipinski definition) is 24. The maximum Gasteiger partial charge on any atom is 0.490 e. The number of carbonyl (C=O) groups excluding carboxylic acids is 7. The third-order valence-corrected chi connectivity index (χ3v) is 18.9. The average Bonchev–Trinajstić information content (AvgIpc) is 1.66. The second kappa shape index (κ2) is 43.0. The molecular weight excluding hydrogens is 1550 g/mol. The normalized spacial score (nSPS) is 23.0. The summed E-state index contributed by atoms with van der Waals surface area (Å²) in [4.78, 5) is 131. The number of carbonyl (C=O) groups is 10. The summed E-state index contributed by atoms with van der Waals surface area (Å²) in [6, 6.07) is 18.1. The number of phenolic OH excluding ortho intramolecular Hbond substituents is 1. The number of ether oxygens (including phenoxy) is 1. The molecule has 33 nitrogen and oxygen atoms in total. The van der Waals surface area contributed by atoms with Crippen LogP contribution in [0.3, 0.4) is 0 Å². The first kappa shape index (κ1) is 93.2. The summed E-state index contributed by atoms with van der Waals surface area (Å²) in [6.07, 6.45) is -26.5. The monoisotopic (exact) mass is 1630 g/mol. The lowest BCUT2D eigenvalue weighted by Gasteiger charge is -2.34. The Balaban J connectivity index is 0.000000960. The molecule has 4 aliphatic rings. The van der Waals surface area contributed by atoms with E-state index in [0.29, 0.717) is 27.9 Å². The number of carboxylic acids is 1. The van der Waals surface area contributed by atoms with Gasteiger partial charge in [0.1, 0.15) is 46.3 Å². The average molecular weight is 1640 g/mol. The van der Waals surface area contributed by atoms with E-state index < -0.39 is 177 Å². The van der Waals surface area contributed by atoms with E-state index in [4.69, 9.17) is 45.9 Å². The summed E-state index contributed by atoms with van der Waals surface area (Å²) in [6.45, 7) is 2.79. The molecule has 19 N–H and O–H groups in total. The number of anilines is 1. The van der Waals surface area contributed by atoms with Gasteiger partial charge in [0.15, 0.2) is 11.5 Å². The van der Waals surface area contributed by atoms with E-state index in [1.165, 1.54) is 54.2 Å². The number of carboxylic acid groups (broad SMARTS) is 3. The lowest BCUT2D eigenvalue weighted by molar-refractivity contribution is -0.339. The van der Waals surface area contributed by atoms with Gasteiger partial charge in [-0.15, -0.1) is 10.2 Å². The first-order valence-corrected chi connectivity index (χ1v) is 35.4. The summed E-state index contributed by atoms with van der Waals surface area (Å²) in [5.74, 6) is -10.8. The Hall–Kier alpha value is -10.4. The van der Waals surface area contributed by atoms with Crippen LogP contribution in [0.4, 0.5) is 45.2 Å². The SMILES string of the molecule is C[C@@H](O)[C@@H]1NC(=O)[C@@H](NC(=O)c2ccc(-c3nnc(-c4ccc(N5CCC(c6ccccc6)CC5)cc4)s3)cc2)C[C@@H](O)CNC(=O)[C@@H]2[C@@H](O)[C@@H](C)CN2C(=O)[C@H]([C@H](O)CCN)NC(=O)[C@H]([C@H](O)Cc2ccc(O)c(OCCCN)c2)NC(=O)[C@@H]2C[C@@H](O)CN2C1=O.FC(F)(F)C(F)(F)F.O=C(O)C(F)(F)F.O=CO.O=CO. The van der Waals surface area contributed by atoms with Crippen molar-refractivity contribution in [1.29, 1.82) is 0 Å². The van der Waals surface area contributed by atoms with Crippen LogP contribution in [-0.4, -0.2) is 275 Å². The number of benzene rings is 4. The van der Waals surface area contributed by atoms with Crippen molar-refractivity contribution in [2.75, 3.05) is 57.3 Å². The second-order valence-electron chi connectivity index (χ2n) is 26.1. The molecule has 622 valence electrons. The van der Waals surface area contributed by atoms with Gasteiger partial charge in [-0.1, -0.05) is 66.8 Å². The molecule has 0 spiro atoms. The topological polar surface area (TPSA) is 530 Å². The molecule has 1 aromatic heterocycles. The minimum atomic E-state index is -6.06. The van der Waals surface area contributed by atoms with Gasteiger partial charge in [0.25, 0.3) is 18.9 Å². The number of nitrogens with zero attached hydrogens (tertiary/aromatic N) is 5. The number of nitrogens with two attached hydrogens (primary N) is 2. The molecule has 0 radical (unpaired) electrons. The van der Waals surface area contributed by atoms with E-state index in [2.05, 4.69) is 78.1 Å². The molecule has 0 unspecified atom stereocenters. The molecule has 5 heterocycles. The highest BCUT2D eigenvalue weighted by Gasteiger charge is 2.59. The number of amides is 7. The van der Waals surface area contributed by atoms with Gasteiger partial charge < -0.3 is 109 Å². The number of halogens is 9. The van der Waals surface area contributed by atoms with Crippen LogP contribution in [0.15, 0.2) is 97.1 Å². The molecule has 0 saturated carbocycles. The molecule has 5 aromatic rings. The van der Waals surface area contributed by atoms with Crippen molar-refractivity contribution in [2.45, 2.75) is 156 Å². The summed E-state index contributed by atoms with van der Waals surface area (Å²) in [5.41, 5.74) is 15.7. The van der Waals surface area contributed by atoms with Crippen molar-refractivity contribution in [1.82, 2.24) is 46.6 Å². The number of alkyl halides is 9. The summed E-state index contributed by atoms with van der Waals surface area (Å²) in [7, 11) is 0. The second-order valence-corrected chi connectivity index (χ2v) is 27.1. The van der Waals surface area contributed by atoms with Crippen LogP contribution in [0.1, 0.15) is 79.8 Å². The Morgan fingerprint density at radius 3 is 1.76 bits per heavy atom. The molecule has 4 fully saturated rings. The highest BCUT2D eigenvalue weighted by molar-refractivity contribution is 7.17. The molecule has 0 bridgehead atoms. The number of fused-ring (bicyclic) bond motifs is 2. The van der Waals surface area contributed by atoms with E-state index >= 15 is 0 Å². The Labute approximate surface area is 642 Å². The molecule has 4 saturated heterocycles. The quantitative estimate of drug-likeness (QED) is 0.0352. The smallest absolute Gasteiger partial charge is 0.490 e. The zero-order valence-corrected chi connectivity index (χ0v) is 61.1. The van der Waals surface area contributed by atoms with Gasteiger partial charge in [-0.25, -0.2) is 4.79 Å². The number of aliphatic hydroxyl groups excluding tert-OH is 6. The molecule has 43 heteroatoms. The number of hydrogen-bond donors (Lipinski definition) is 17.